The summed E-state index contributed by atoms with van der Waals surface area (Å²) in [5.41, 5.74) is 2.28. The van der Waals surface area contributed by atoms with Crippen LogP contribution in [-0.2, 0) is 25.6 Å². The fourth-order valence-corrected chi connectivity index (χ4v) is 3.47. The van der Waals surface area contributed by atoms with E-state index in [1.807, 2.05) is 19.2 Å². The number of aldehydes is 1. The van der Waals surface area contributed by atoms with Gasteiger partial charge in [-0.3, -0.25) is 9.59 Å². The van der Waals surface area contributed by atoms with Gasteiger partial charge in [-0.1, -0.05) is 11.8 Å². The number of fused-ring (bicyclic) bond motifs is 1. The van der Waals surface area contributed by atoms with Crippen LogP contribution in [0.4, 0.5) is 0 Å². The topological polar surface area (TPSA) is 109 Å². The summed E-state index contributed by atoms with van der Waals surface area (Å²) in [6.07, 6.45) is 1.94. The summed E-state index contributed by atoms with van der Waals surface area (Å²) in [5, 5.41) is 8.84. The van der Waals surface area contributed by atoms with Crippen molar-refractivity contribution in [1.29, 1.82) is 0 Å². The first-order valence-electron chi connectivity index (χ1n) is 11.7. The summed E-state index contributed by atoms with van der Waals surface area (Å²) in [4.78, 5) is 37.3. The molecule has 1 atom stereocenters. The predicted octanol–water partition coefficient (Wildman–Crippen LogP) is 0.320. The van der Waals surface area contributed by atoms with Gasteiger partial charge in [-0.15, -0.1) is 0 Å². The molecule has 9 nitrogen and oxygen atoms in total. The van der Waals surface area contributed by atoms with Crippen LogP contribution in [-0.4, -0.2) is 89.2 Å². The van der Waals surface area contributed by atoms with Gasteiger partial charge in [0.1, 0.15) is 6.29 Å². The van der Waals surface area contributed by atoms with Crippen LogP contribution in [0.5, 0.6) is 0 Å². The summed E-state index contributed by atoms with van der Waals surface area (Å²) in [7, 11) is 3.44. The zero-order valence-electron chi connectivity index (χ0n) is 20.2. The van der Waals surface area contributed by atoms with Gasteiger partial charge in [0.15, 0.2) is 0 Å². The van der Waals surface area contributed by atoms with Crippen molar-refractivity contribution in [2.75, 3.05) is 60.2 Å². The summed E-state index contributed by atoms with van der Waals surface area (Å²) >= 11 is 0. The first-order valence-corrected chi connectivity index (χ1v) is 11.7. The quantitative estimate of drug-likeness (QED) is 0.181. The highest BCUT2D eigenvalue weighted by Gasteiger charge is 2.32. The molecule has 1 heterocycles. The van der Waals surface area contributed by atoms with E-state index in [9.17, 15) is 14.4 Å². The van der Waals surface area contributed by atoms with Gasteiger partial charge >= 0.3 is 0 Å². The molecular weight excluding hydrogens is 436 g/mol. The minimum Gasteiger partial charge on any atom is -0.378 e. The van der Waals surface area contributed by atoms with Crippen molar-refractivity contribution in [1.82, 2.24) is 20.9 Å². The minimum atomic E-state index is -0.618. The third-order valence-electron chi connectivity index (χ3n) is 5.39. The molecule has 3 N–H and O–H groups in total. The maximum absolute atomic E-state index is 12.7. The molecule has 2 amide bonds. The fourth-order valence-electron chi connectivity index (χ4n) is 3.47. The third kappa shape index (κ3) is 9.23. The molecule has 1 aliphatic heterocycles. The van der Waals surface area contributed by atoms with Crippen LogP contribution in [0.1, 0.15) is 40.7 Å². The Bertz CT molecular complexity index is 865. The molecule has 1 unspecified atom stereocenters. The number of amides is 2. The Morgan fingerprint density at radius 1 is 1.15 bits per heavy atom. The van der Waals surface area contributed by atoms with E-state index in [1.54, 1.807) is 13.1 Å². The van der Waals surface area contributed by atoms with E-state index < -0.39 is 6.04 Å². The Hall–Kier alpha value is -2.77. The molecule has 0 spiro atoms. The second-order valence-corrected chi connectivity index (χ2v) is 7.85. The summed E-state index contributed by atoms with van der Waals surface area (Å²) < 4.78 is 10.9. The van der Waals surface area contributed by atoms with Crippen LogP contribution in [0.25, 0.3) is 0 Å². The lowest BCUT2D eigenvalue weighted by molar-refractivity contribution is -0.121. The number of benzene rings is 1. The molecule has 2 rings (SSSR count). The van der Waals surface area contributed by atoms with E-state index in [2.05, 4.69) is 27.8 Å². The second kappa shape index (κ2) is 16.0. The zero-order valence-corrected chi connectivity index (χ0v) is 20.2. The van der Waals surface area contributed by atoms with Crippen molar-refractivity contribution >= 4 is 18.1 Å². The number of hydrogen-bond donors (Lipinski definition) is 3. The second-order valence-electron chi connectivity index (χ2n) is 7.85. The van der Waals surface area contributed by atoms with Crippen molar-refractivity contribution in [2.24, 2.45) is 0 Å². The maximum Gasteiger partial charge on any atom is 0.255 e. The molecule has 0 fully saturated rings. The highest BCUT2D eigenvalue weighted by atomic mass is 16.5. The lowest BCUT2D eigenvalue weighted by Gasteiger charge is -2.22. The van der Waals surface area contributed by atoms with Gasteiger partial charge in [-0.2, -0.15) is 0 Å². The van der Waals surface area contributed by atoms with Gasteiger partial charge < -0.3 is 35.1 Å². The maximum atomic E-state index is 12.7. The number of carbonyl (C=O) groups excluding carboxylic acids is 3. The SMILES string of the molecule is CNCCOCCOCCNCCC#Cc1ccc2c(c1)CN(C(C=O)CCC(=O)NC)C2=O. The highest BCUT2D eigenvalue weighted by molar-refractivity contribution is 5.99. The van der Waals surface area contributed by atoms with Crippen LogP contribution in [0, 0.1) is 11.8 Å². The summed E-state index contributed by atoms with van der Waals surface area (Å²) in [6, 6.07) is 4.88. The normalized spacial score (nSPS) is 13.2. The first kappa shape index (κ1) is 27.5. The van der Waals surface area contributed by atoms with Crippen molar-refractivity contribution in [3.8, 4) is 11.8 Å². The van der Waals surface area contributed by atoms with Gasteiger partial charge in [-0.25, -0.2) is 0 Å². The molecule has 34 heavy (non-hydrogen) atoms. The van der Waals surface area contributed by atoms with Gasteiger partial charge in [0.25, 0.3) is 5.91 Å². The van der Waals surface area contributed by atoms with E-state index in [0.717, 1.165) is 37.0 Å². The van der Waals surface area contributed by atoms with Crippen molar-refractivity contribution in [3.63, 3.8) is 0 Å². The number of rotatable bonds is 16. The van der Waals surface area contributed by atoms with E-state index in [4.69, 9.17) is 9.47 Å². The molecule has 0 saturated heterocycles. The van der Waals surface area contributed by atoms with Crippen LogP contribution in [0.15, 0.2) is 18.2 Å². The van der Waals surface area contributed by atoms with E-state index in [0.29, 0.717) is 51.4 Å². The van der Waals surface area contributed by atoms with Crippen molar-refractivity contribution in [2.45, 2.75) is 31.8 Å². The van der Waals surface area contributed by atoms with E-state index in [1.165, 1.54) is 4.90 Å². The third-order valence-corrected chi connectivity index (χ3v) is 5.39. The zero-order chi connectivity index (χ0) is 24.6. The number of ether oxygens (including phenoxy) is 2. The molecule has 0 aliphatic carbocycles. The Balaban J connectivity index is 1.70. The number of hydrogen-bond acceptors (Lipinski definition) is 7. The first-order chi connectivity index (χ1) is 16.6. The highest BCUT2D eigenvalue weighted by Crippen LogP contribution is 2.26. The van der Waals surface area contributed by atoms with Crippen LogP contribution < -0.4 is 16.0 Å². The van der Waals surface area contributed by atoms with Gasteiger partial charge in [-0.05, 0) is 37.2 Å². The molecular formula is C25H36N4O5. The molecule has 1 aliphatic rings. The van der Waals surface area contributed by atoms with E-state index in [-0.39, 0.29) is 18.2 Å². The molecule has 0 bridgehead atoms. The van der Waals surface area contributed by atoms with Crippen molar-refractivity contribution in [3.05, 3.63) is 34.9 Å². The molecule has 1 aromatic carbocycles. The minimum absolute atomic E-state index is 0.152. The van der Waals surface area contributed by atoms with Crippen LogP contribution in [0.2, 0.25) is 0 Å². The molecule has 0 aromatic heterocycles. The number of carbonyl (C=O) groups is 3. The molecule has 0 radical (unpaired) electrons. The molecule has 9 heteroatoms. The summed E-state index contributed by atoms with van der Waals surface area (Å²) in [5.74, 6) is 5.94. The van der Waals surface area contributed by atoms with Gasteiger partial charge in [0, 0.05) is 57.2 Å². The average Bonchev–Trinajstić information content (AvgIpc) is 3.17. The largest absolute Gasteiger partial charge is 0.378 e. The Labute approximate surface area is 201 Å². The Morgan fingerprint density at radius 2 is 1.91 bits per heavy atom. The monoisotopic (exact) mass is 472 g/mol. The summed E-state index contributed by atoms with van der Waals surface area (Å²) in [6.45, 7) is 5.21. The molecule has 0 saturated carbocycles. The van der Waals surface area contributed by atoms with E-state index >= 15 is 0 Å². The smallest absolute Gasteiger partial charge is 0.255 e. The molecule has 186 valence electrons. The fraction of sp³-hybridized carbons (Fsp3) is 0.560. The van der Waals surface area contributed by atoms with Crippen molar-refractivity contribution < 1.29 is 23.9 Å². The number of likely N-dealkylation sites (N-methyl/N-ethyl adjacent to an activating group) is 1. The average molecular weight is 473 g/mol. The Morgan fingerprint density at radius 3 is 2.62 bits per heavy atom. The Kier molecular flexibility index (Phi) is 12.9. The standard InChI is InChI=1S/C25H36N4O5/c1-26-11-13-33-15-16-34-14-12-28-10-4-3-5-20-6-8-23-21(17-20)18-29(25(23)32)22(19-30)7-9-24(31)27-2/h6,8,17,19,22,26,28H,4,7,9-16,18H2,1-2H3,(H,27,31). The van der Waals surface area contributed by atoms with Gasteiger partial charge in [0.05, 0.1) is 32.5 Å². The van der Waals surface area contributed by atoms with Crippen LogP contribution >= 0.6 is 0 Å². The van der Waals surface area contributed by atoms with Crippen LogP contribution in [0.3, 0.4) is 0 Å². The number of nitrogens with zero attached hydrogens (tertiary/aromatic N) is 1. The predicted molar refractivity (Wildman–Crippen MR) is 129 cm³/mol. The lowest BCUT2D eigenvalue weighted by Crippen LogP contribution is -2.37. The lowest BCUT2D eigenvalue weighted by atomic mass is 10.1. The van der Waals surface area contributed by atoms with Gasteiger partial charge in [0.2, 0.25) is 5.91 Å². The number of nitrogens with one attached hydrogen (secondary N) is 3. The molecule has 1 aromatic rings.